The van der Waals surface area contributed by atoms with Gasteiger partial charge in [0.05, 0.1) is 11.9 Å². The third-order valence-corrected chi connectivity index (χ3v) is 4.03. The third kappa shape index (κ3) is 2.88. The lowest BCUT2D eigenvalue weighted by molar-refractivity contribution is 0.0741. The van der Waals surface area contributed by atoms with E-state index in [1.807, 2.05) is 11.0 Å². The second-order valence-electron chi connectivity index (χ2n) is 5.54. The van der Waals surface area contributed by atoms with Crippen LogP contribution in [-0.2, 0) is 0 Å². The van der Waals surface area contributed by atoms with Gasteiger partial charge in [-0.25, -0.2) is 4.98 Å². The number of amides is 1. The lowest BCUT2D eigenvalue weighted by Gasteiger charge is -2.36. The molecular formula is C17H20N4O. The van der Waals surface area contributed by atoms with E-state index in [0.717, 1.165) is 13.1 Å². The normalized spacial score (nSPS) is 15.0. The van der Waals surface area contributed by atoms with E-state index in [-0.39, 0.29) is 5.91 Å². The van der Waals surface area contributed by atoms with Crippen LogP contribution in [0.2, 0.25) is 0 Å². The summed E-state index contributed by atoms with van der Waals surface area (Å²) in [6.07, 6.45) is 1.52. The number of anilines is 2. The SMILES string of the molecule is Cc1ccccc1N1CCN(C(=O)c2ccc(N)cn2)CC1. The number of pyridine rings is 1. The Hall–Kier alpha value is -2.56. The number of nitrogens with two attached hydrogens (primary N) is 1. The fourth-order valence-electron chi connectivity index (χ4n) is 2.76. The number of piperazine rings is 1. The number of nitrogen functional groups attached to an aromatic ring is 1. The minimum Gasteiger partial charge on any atom is -0.397 e. The molecule has 0 saturated carbocycles. The van der Waals surface area contributed by atoms with E-state index in [0.29, 0.717) is 24.5 Å². The second kappa shape index (κ2) is 6.05. The molecule has 5 nitrogen and oxygen atoms in total. The minimum atomic E-state index is -0.0237. The number of rotatable bonds is 2. The summed E-state index contributed by atoms with van der Waals surface area (Å²) in [5, 5.41) is 0. The Morgan fingerprint density at radius 3 is 2.45 bits per heavy atom. The lowest BCUT2D eigenvalue weighted by Crippen LogP contribution is -2.49. The monoisotopic (exact) mass is 296 g/mol. The van der Waals surface area contributed by atoms with Crippen LogP contribution in [0.15, 0.2) is 42.6 Å². The molecule has 1 aliphatic rings. The molecule has 1 amide bonds. The Morgan fingerprint density at radius 1 is 1.09 bits per heavy atom. The Labute approximate surface area is 130 Å². The van der Waals surface area contributed by atoms with Crippen molar-refractivity contribution in [3.05, 3.63) is 53.9 Å². The van der Waals surface area contributed by atoms with Gasteiger partial charge in [-0.1, -0.05) is 18.2 Å². The number of nitrogens with zero attached hydrogens (tertiary/aromatic N) is 3. The molecule has 1 fully saturated rings. The van der Waals surface area contributed by atoms with Gasteiger partial charge in [0.2, 0.25) is 0 Å². The number of carbonyl (C=O) groups is 1. The summed E-state index contributed by atoms with van der Waals surface area (Å²) < 4.78 is 0. The van der Waals surface area contributed by atoms with Crippen molar-refractivity contribution < 1.29 is 4.79 Å². The van der Waals surface area contributed by atoms with E-state index >= 15 is 0 Å². The molecule has 2 N–H and O–H groups in total. The number of benzene rings is 1. The maximum atomic E-state index is 12.4. The van der Waals surface area contributed by atoms with Gasteiger partial charge in [-0.2, -0.15) is 0 Å². The number of carbonyl (C=O) groups excluding carboxylic acids is 1. The van der Waals surface area contributed by atoms with Gasteiger partial charge in [0.1, 0.15) is 5.69 Å². The zero-order valence-electron chi connectivity index (χ0n) is 12.7. The molecule has 0 bridgehead atoms. The summed E-state index contributed by atoms with van der Waals surface area (Å²) >= 11 is 0. The van der Waals surface area contributed by atoms with Crippen molar-refractivity contribution in [2.75, 3.05) is 36.8 Å². The molecule has 2 aromatic rings. The standard InChI is InChI=1S/C17H20N4O/c1-13-4-2-3-5-16(13)20-8-10-21(11-9-20)17(22)15-7-6-14(18)12-19-15/h2-7,12H,8-11,18H2,1H3. The average Bonchev–Trinajstić information content (AvgIpc) is 2.56. The van der Waals surface area contributed by atoms with E-state index in [9.17, 15) is 4.79 Å². The van der Waals surface area contributed by atoms with Crippen LogP contribution in [0.3, 0.4) is 0 Å². The van der Waals surface area contributed by atoms with E-state index in [4.69, 9.17) is 5.73 Å². The maximum absolute atomic E-state index is 12.4. The van der Waals surface area contributed by atoms with E-state index < -0.39 is 0 Å². The van der Waals surface area contributed by atoms with Crippen molar-refractivity contribution in [1.82, 2.24) is 9.88 Å². The van der Waals surface area contributed by atoms with Crippen LogP contribution in [0.5, 0.6) is 0 Å². The van der Waals surface area contributed by atoms with Crippen LogP contribution in [0, 0.1) is 6.92 Å². The quantitative estimate of drug-likeness (QED) is 0.920. The summed E-state index contributed by atoms with van der Waals surface area (Å²) in [5.41, 5.74) is 9.15. The molecule has 0 radical (unpaired) electrons. The van der Waals surface area contributed by atoms with Crippen molar-refractivity contribution in [3.63, 3.8) is 0 Å². The molecule has 1 aromatic heterocycles. The molecule has 5 heteroatoms. The molecule has 2 heterocycles. The minimum absolute atomic E-state index is 0.0237. The smallest absolute Gasteiger partial charge is 0.272 e. The fourth-order valence-corrected chi connectivity index (χ4v) is 2.76. The second-order valence-corrected chi connectivity index (χ2v) is 5.54. The predicted molar refractivity (Wildman–Crippen MR) is 87.9 cm³/mol. The first-order chi connectivity index (χ1) is 10.6. The highest BCUT2D eigenvalue weighted by Crippen LogP contribution is 2.21. The van der Waals surface area contributed by atoms with Gasteiger partial charge in [0, 0.05) is 31.9 Å². The van der Waals surface area contributed by atoms with Crippen LogP contribution < -0.4 is 10.6 Å². The number of para-hydroxylation sites is 1. The first-order valence-electron chi connectivity index (χ1n) is 7.46. The van der Waals surface area contributed by atoms with Gasteiger partial charge in [-0.15, -0.1) is 0 Å². The lowest BCUT2D eigenvalue weighted by atomic mass is 10.1. The van der Waals surface area contributed by atoms with Crippen LogP contribution in [0.4, 0.5) is 11.4 Å². The van der Waals surface area contributed by atoms with E-state index in [2.05, 4.69) is 35.0 Å². The van der Waals surface area contributed by atoms with Crippen LogP contribution in [0.25, 0.3) is 0 Å². The number of aryl methyl sites for hydroxylation is 1. The Kier molecular flexibility index (Phi) is 3.96. The van der Waals surface area contributed by atoms with Crippen LogP contribution >= 0.6 is 0 Å². The molecule has 1 aromatic carbocycles. The molecule has 1 saturated heterocycles. The highest BCUT2D eigenvalue weighted by molar-refractivity contribution is 5.92. The predicted octanol–water partition coefficient (Wildman–Crippen LogP) is 1.93. The largest absolute Gasteiger partial charge is 0.397 e. The average molecular weight is 296 g/mol. The highest BCUT2D eigenvalue weighted by Gasteiger charge is 2.23. The zero-order chi connectivity index (χ0) is 15.5. The Bertz CT molecular complexity index is 661. The van der Waals surface area contributed by atoms with Crippen LogP contribution in [-0.4, -0.2) is 42.0 Å². The van der Waals surface area contributed by atoms with Crippen molar-refractivity contribution >= 4 is 17.3 Å². The first kappa shape index (κ1) is 14.4. The van der Waals surface area contributed by atoms with E-state index in [1.54, 1.807) is 12.1 Å². The van der Waals surface area contributed by atoms with Gasteiger partial charge >= 0.3 is 0 Å². The fraction of sp³-hybridized carbons (Fsp3) is 0.294. The van der Waals surface area contributed by atoms with Gasteiger partial charge < -0.3 is 15.5 Å². The molecule has 0 atom stereocenters. The number of hydrogen-bond acceptors (Lipinski definition) is 4. The summed E-state index contributed by atoms with van der Waals surface area (Å²) in [7, 11) is 0. The molecule has 22 heavy (non-hydrogen) atoms. The molecule has 3 rings (SSSR count). The van der Waals surface area contributed by atoms with Crippen molar-refractivity contribution in [2.24, 2.45) is 0 Å². The Morgan fingerprint density at radius 2 is 1.82 bits per heavy atom. The van der Waals surface area contributed by atoms with Crippen LogP contribution in [0.1, 0.15) is 16.1 Å². The topological polar surface area (TPSA) is 62.5 Å². The summed E-state index contributed by atoms with van der Waals surface area (Å²) in [6, 6.07) is 11.7. The zero-order valence-corrected chi connectivity index (χ0v) is 12.7. The van der Waals surface area contributed by atoms with Gasteiger partial charge in [0.15, 0.2) is 0 Å². The van der Waals surface area contributed by atoms with E-state index in [1.165, 1.54) is 17.4 Å². The molecular weight excluding hydrogens is 276 g/mol. The van der Waals surface area contributed by atoms with Gasteiger partial charge in [-0.3, -0.25) is 4.79 Å². The molecule has 0 unspecified atom stereocenters. The molecule has 1 aliphatic heterocycles. The molecule has 0 spiro atoms. The molecule has 114 valence electrons. The van der Waals surface area contributed by atoms with Gasteiger partial charge in [-0.05, 0) is 30.7 Å². The van der Waals surface area contributed by atoms with Gasteiger partial charge in [0.25, 0.3) is 5.91 Å². The van der Waals surface area contributed by atoms with Crippen molar-refractivity contribution in [1.29, 1.82) is 0 Å². The van der Waals surface area contributed by atoms with Crippen molar-refractivity contribution in [3.8, 4) is 0 Å². The van der Waals surface area contributed by atoms with Crippen molar-refractivity contribution in [2.45, 2.75) is 6.92 Å². The first-order valence-corrected chi connectivity index (χ1v) is 7.46. The summed E-state index contributed by atoms with van der Waals surface area (Å²) in [5.74, 6) is -0.0237. The third-order valence-electron chi connectivity index (χ3n) is 4.03. The molecule has 0 aliphatic carbocycles. The summed E-state index contributed by atoms with van der Waals surface area (Å²) in [4.78, 5) is 20.7. The highest BCUT2D eigenvalue weighted by atomic mass is 16.2. The maximum Gasteiger partial charge on any atom is 0.272 e. The number of hydrogen-bond donors (Lipinski definition) is 1. The Balaban J connectivity index is 1.65. The number of aromatic nitrogens is 1. The summed E-state index contributed by atoms with van der Waals surface area (Å²) in [6.45, 7) is 5.21.